The molecule has 2 heterocycles. The summed E-state index contributed by atoms with van der Waals surface area (Å²) in [7, 11) is -4.79. The van der Waals surface area contributed by atoms with Gasteiger partial charge < -0.3 is 15.5 Å². The summed E-state index contributed by atoms with van der Waals surface area (Å²) in [5.74, 6) is -3.72. The lowest BCUT2D eigenvalue weighted by molar-refractivity contribution is -0.182. The Kier molecular flexibility index (Phi) is 7.28. The third-order valence-corrected chi connectivity index (χ3v) is 8.88. The fourth-order valence-electron chi connectivity index (χ4n) is 4.68. The quantitative estimate of drug-likeness (QED) is 0.572. The monoisotopic (exact) mass is 568 g/mol. The number of halogens is 3. The number of amides is 3. The summed E-state index contributed by atoms with van der Waals surface area (Å²) in [6, 6.07) is 7.66. The molecule has 3 amide bonds. The van der Waals surface area contributed by atoms with E-state index in [4.69, 9.17) is 28.9 Å². The third kappa shape index (κ3) is 4.58. The zero-order valence-electron chi connectivity index (χ0n) is 19.8. The molecule has 4 rings (SSSR count). The van der Waals surface area contributed by atoms with Crippen molar-refractivity contribution in [1.29, 1.82) is 0 Å². The van der Waals surface area contributed by atoms with Crippen molar-refractivity contribution < 1.29 is 27.2 Å². The second kappa shape index (κ2) is 9.86. The summed E-state index contributed by atoms with van der Waals surface area (Å²) in [5, 5.41) is 0.416. The van der Waals surface area contributed by atoms with Gasteiger partial charge in [0.05, 0.1) is 13.0 Å². The molecule has 13 heteroatoms. The molecule has 2 fully saturated rings. The van der Waals surface area contributed by atoms with Gasteiger partial charge in [-0.1, -0.05) is 35.3 Å². The molecule has 0 aliphatic carbocycles. The predicted molar refractivity (Wildman–Crippen MR) is 133 cm³/mol. The topological polar surface area (TPSA) is 121 Å². The largest absolute Gasteiger partial charge is 0.366 e. The zero-order chi connectivity index (χ0) is 27.3. The minimum atomic E-state index is -4.79. The standard InChI is InChI=1S/C24H23Cl2FN4O5S/c1-14(2)29-13-24(23(28)34)30(37(35,36)20-8-7-17(26)12-18(20)27)10-9-21(32)31(24)19(22(29)33)11-15-3-5-16(25)6-4-15/h3-8,12,14,19H,10-11,13H2,1-2H3,(H2,28,34). The van der Waals surface area contributed by atoms with E-state index in [9.17, 15) is 27.2 Å². The highest BCUT2D eigenvalue weighted by atomic mass is 35.5. The number of fused-ring (bicyclic) bond motifs is 1. The molecule has 0 bridgehead atoms. The van der Waals surface area contributed by atoms with Crippen molar-refractivity contribution in [2.75, 3.05) is 13.1 Å². The van der Waals surface area contributed by atoms with Crippen LogP contribution in [0.3, 0.4) is 0 Å². The van der Waals surface area contributed by atoms with Crippen LogP contribution in [-0.2, 0) is 30.8 Å². The molecule has 2 aromatic carbocycles. The molecule has 2 aliphatic rings. The van der Waals surface area contributed by atoms with Gasteiger partial charge in [-0.15, -0.1) is 0 Å². The first-order valence-electron chi connectivity index (χ1n) is 11.2. The average molecular weight is 569 g/mol. The molecule has 2 N–H and O–H groups in total. The molecule has 2 radical (unpaired) electrons. The normalized spacial score (nSPS) is 22.9. The second-order valence-electron chi connectivity index (χ2n) is 9.03. The molecule has 2 aliphatic heterocycles. The van der Waals surface area contributed by atoms with Crippen molar-refractivity contribution >= 4 is 50.9 Å². The van der Waals surface area contributed by atoms with Gasteiger partial charge in [0.15, 0.2) is 0 Å². The van der Waals surface area contributed by atoms with Gasteiger partial charge in [0, 0.05) is 29.1 Å². The van der Waals surface area contributed by atoms with Crippen LogP contribution in [0.15, 0.2) is 47.4 Å². The maximum atomic E-state index is 14.8. The van der Waals surface area contributed by atoms with E-state index in [1.54, 1.807) is 38.1 Å². The Morgan fingerprint density at radius 2 is 1.78 bits per heavy atom. The van der Waals surface area contributed by atoms with Crippen molar-refractivity contribution in [2.45, 2.75) is 42.9 Å². The molecular weight excluding hydrogens is 546 g/mol. The summed E-state index contributed by atoms with van der Waals surface area (Å²) < 4.78 is 43.0. The summed E-state index contributed by atoms with van der Waals surface area (Å²) in [6.07, 6.45) is 2.33. The summed E-state index contributed by atoms with van der Waals surface area (Å²) in [4.78, 5) is 41.5. The van der Waals surface area contributed by atoms with E-state index in [0.717, 1.165) is 17.0 Å². The van der Waals surface area contributed by atoms with Crippen LogP contribution < -0.4 is 5.73 Å². The molecule has 2 saturated heterocycles. The summed E-state index contributed by atoms with van der Waals surface area (Å²) in [6.45, 7) is 2.14. The molecular formula is C24H23Cl2FN4O5S. The summed E-state index contributed by atoms with van der Waals surface area (Å²) in [5.41, 5.74) is 4.10. The van der Waals surface area contributed by atoms with Gasteiger partial charge in [-0.05, 0) is 49.7 Å². The van der Waals surface area contributed by atoms with E-state index in [1.807, 2.05) is 0 Å². The lowest BCUT2D eigenvalue weighted by Gasteiger charge is -2.58. The minimum absolute atomic E-state index is 0.0353. The molecule has 0 aromatic heterocycles. The number of carbonyl (C=O) groups is 3. The Bertz CT molecular complexity index is 1370. The van der Waals surface area contributed by atoms with E-state index in [0.29, 0.717) is 14.9 Å². The van der Waals surface area contributed by atoms with Crippen LogP contribution in [-0.4, -0.2) is 71.1 Å². The number of sulfonamides is 1. The number of rotatable bonds is 6. The van der Waals surface area contributed by atoms with E-state index >= 15 is 0 Å². The Labute approximate surface area is 223 Å². The molecule has 37 heavy (non-hydrogen) atoms. The van der Waals surface area contributed by atoms with Crippen LogP contribution >= 0.6 is 23.2 Å². The fourth-order valence-corrected chi connectivity index (χ4v) is 6.62. The number of piperazine rings is 1. The van der Waals surface area contributed by atoms with Crippen LogP contribution in [0.2, 0.25) is 10.0 Å². The molecule has 0 saturated carbocycles. The van der Waals surface area contributed by atoms with Gasteiger partial charge in [-0.25, -0.2) is 12.8 Å². The summed E-state index contributed by atoms with van der Waals surface area (Å²) >= 11 is 11.8. The average Bonchev–Trinajstić information content (AvgIpc) is 2.81. The van der Waals surface area contributed by atoms with Crippen LogP contribution in [0, 0.1) is 12.2 Å². The van der Waals surface area contributed by atoms with E-state index < -0.39 is 69.3 Å². The maximum Gasteiger partial charge on any atom is 0.261 e. The predicted octanol–water partition coefficient (Wildman–Crippen LogP) is 2.09. The van der Waals surface area contributed by atoms with Crippen molar-refractivity contribution in [3.8, 4) is 0 Å². The van der Waals surface area contributed by atoms with Crippen LogP contribution in [0.5, 0.6) is 0 Å². The Balaban J connectivity index is 1.92. The Hall–Kier alpha value is -2.73. The zero-order valence-corrected chi connectivity index (χ0v) is 22.1. The maximum absolute atomic E-state index is 14.8. The first-order chi connectivity index (χ1) is 17.3. The Morgan fingerprint density at radius 3 is 2.35 bits per heavy atom. The highest BCUT2D eigenvalue weighted by Gasteiger charge is 2.64. The van der Waals surface area contributed by atoms with Crippen LogP contribution in [0.1, 0.15) is 19.4 Å². The lowest BCUT2D eigenvalue weighted by atomic mass is 9.90. The first kappa shape index (κ1) is 27.3. The van der Waals surface area contributed by atoms with E-state index in [-0.39, 0.29) is 11.4 Å². The number of nitrogens with two attached hydrogens (primary N) is 1. The van der Waals surface area contributed by atoms with Gasteiger partial charge in [-0.3, -0.25) is 14.4 Å². The highest BCUT2D eigenvalue weighted by Crippen LogP contribution is 2.40. The number of nitrogens with zero attached hydrogens (tertiary/aromatic N) is 3. The third-order valence-electron chi connectivity index (χ3n) is 6.50. The smallest absolute Gasteiger partial charge is 0.261 e. The number of primary amides is 1. The fraction of sp³-hybridized carbons (Fsp3) is 0.333. The SMILES string of the molecule is CC(C)N1CC2(C(N)=O)N(C(=O)[C]CN2S(=O)(=O)c2ccc(Cl)cc2F)C(Cc2ccc(Cl)cc2)C1=O. The van der Waals surface area contributed by atoms with Crippen molar-refractivity contribution in [1.82, 2.24) is 14.1 Å². The van der Waals surface area contributed by atoms with E-state index in [2.05, 4.69) is 6.42 Å². The van der Waals surface area contributed by atoms with Crippen LogP contribution in [0.4, 0.5) is 4.39 Å². The molecule has 196 valence electrons. The molecule has 2 unspecified atom stereocenters. The number of hydrogen-bond acceptors (Lipinski definition) is 5. The number of hydrogen-bond donors (Lipinski definition) is 1. The van der Waals surface area contributed by atoms with Gasteiger partial charge in [0.25, 0.3) is 5.91 Å². The van der Waals surface area contributed by atoms with Gasteiger partial charge in [-0.2, -0.15) is 4.31 Å². The highest BCUT2D eigenvalue weighted by molar-refractivity contribution is 7.89. The van der Waals surface area contributed by atoms with E-state index in [1.165, 1.54) is 11.0 Å². The van der Waals surface area contributed by atoms with Gasteiger partial charge in [0.2, 0.25) is 27.5 Å². The minimum Gasteiger partial charge on any atom is -0.366 e. The van der Waals surface area contributed by atoms with Crippen molar-refractivity contribution in [2.24, 2.45) is 5.73 Å². The molecule has 2 atom stereocenters. The Morgan fingerprint density at radius 1 is 1.16 bits per heavy atom. The van der Waals surface area contributed by atoms with Crippen molar-refractivity contribution in [3.05, 3.63) is 70.3 Å². The molecule has 2 aromatic rings. The second-order valence-corrected chi connectivity index (χ2v) is 11.7. The van der Waals surface area contributed by atoms with Gasteiger partial charge >= 0.3 is 0 Å². The molecule has 0 spiro atoms. The van der Waals surface area contributed by atoms with Gasteiger partial charge in [0.1, 0.15) is 16.8 Å². The molecule has 9 nitrogen and oxygen atoms in total. The lowest BCUT2D eigenvalue weighted by Crippen LogP contribution is -2.83. The van der Waals surface area contributed by atoms with Crippen molar-refractivity contribution in [3.63, 3.8) is 0 Å². The number of benzene rings is 2. The number of carbonyl (C=O) groups excluding carboxylic acids is 3. The van der Waals surface area contributed by atoms with Crippen LogP contribution in [0.25, 0.3) is 0 Å². The first-order valence-corrected chi connectivity index (χ1v) is 13.4.